The minimum Gasteiger partial charge on any atom is -0.444 e. The zero-order valence-electron chi connectivity index (χ0n) is 21.3. The van der Waals surface area contributed by atoms with Crippen molar-refractivity contribution in [2.24, 2.45) is 0 Å². The summed E-state index contributed by atoms with van der Waals surface area (Å²) in [5.74, 6) is -0.365. The Hall–Kier alpha value is -4.99. The van der Waals surface area contributed by atoms with Crippen LogP contribution >= 0.6 is 0 Å². The molecule has 1 radical (unpaired) electrons. The van der Waals surface area contributed by atoms with Crippen LogP contribution in [0.4, 0.5) is 10.5 Å². The molecule has 0 aliphatic carbocycles. The lowest BCUT2D eigenvalue weighted by Crippen LogP contribution is -2.61. The fourth-order valence-corrected chi connectivity index (χ4v) is 4.41. The van der Waals surface area contributed by atoms with Gasteiger partial charge in [0.05, 0.1) is 23.1 Å². The normalized spacial score (nSPS) is 15.2. The topological polar surface area (TPSA) is 122 Å². The van der Waals surface area contributed by atoms with Crippen molar-refractivity contribution in [3.63, 3.8) is 0 Å². The van der Waals surface area contributed by atoms with Crippen LogP contribution in [0, 0.1) is 23.1 Å². The van der Waals surface area contributed by atoms with Crippen molar-refractivity contribution in [1.82, 2.24) is 15.1 Å². The molecule has 0 aromatic heterocycles. The van der Waals surface area contributed by atoms with Crippen molar-refractivity contribution in [2.75, 3.05) is 19.6 Å². The van der Waals surface area contributed by atoms with Gasteiger partial charge in [-0.05, 0) is 41.3 Å². The number of nitrogens with one attached hydrogen (secondary N) is 1. The molecule has 1 N–H and O–H groups in total. The number of nitro benzene ring substituents is 1. The molecular formula is C29H27N4O6. The Bertz CT molecular complexity index is 1390. The van der Waals surface area contributed by atoms with E-state index in [1.54, 1.807) is 18.2 Å². The standard InChI is InChI=1S/C29H27N4O6/c1-21-8-5-6-12-24(21)28-23(11-7-13-25(28)33(37)38)14-15-27(35)31-16-17-32(26(18-31)30-20-34)29(36)39-19-22-9-3-2-4-10-22/h2-12,14-15,20,26H,16-19H2,1H3,(H,30,34)/b15-14+. The Labute approximate surface area is 225 Å². The zero-order valence-corrected chi connectivity index (χ0v) is 21.3. The maximum atomic E-state index is 13.1. The number of nitro groups is 1. The summed E-state index contributed by atoms with van der Waals surface area (Å²) in [4.78, 5) is 51.1. The van der Waals surface area contributed by atoms with Crippen molar-refractivity contribution in [3.05, 3.63) is 106 Å². The molecule has 1 aliphatic heterocycles. The fourth-order valence-electron chi connectivity index (χ4n) is 4.41. The number of amides is 3. The smallest absolute Gasteiger partial charge is 0.411 e. The Morgan fingerprint density at radius 1 is 1.13 bits per heavy atom. The number of ether oxygens (including phenoxy) is 1. The maximum Gasteiger partial charge on any atom is 0.411 e. The SMILES string of the molecule is Cc1ccccc1-c1c([N+](=O)[O-])[c]ccc1/C=C/C(=O)N1CCN(C(=O)OCc2ccccc2)C(NC=O)C1. The van der Waals surface area contributed by atoms with E-state index in [-0.39, 0.29) is 37.8 Å². The summed E-state index contributed by atoms with van der Waals surface area (Å²) in [6.07, 6.45) is 1.97. The number of aryl methyl sites for hydroxylation is 1. The second-order valence-corrected chi connectivity index (χ2v) is 8.88. The number of hydrogen-bond donors (Lipinski definition) is 1. The second-order valence-electron chi connectivity index (χ2n) is 8.88. The molecule has 1 unspecified atom stereocenters. The molecular weight excluding hydrogens is 500 g/mol. The molecule has 1 heterocycles. The Balaban J connectivity index is 1.49. The van der Waals surface area contributed by atoms with E-state index in [1.807, 2.05) is 49.4 Å². The van der Waals surface area contributed by atoms with E-state index in [0.717, 1.165) is 11.1 Å². The van der Waals surface area contributed by atoms with Crippen LogP contribution in [0.3, 0.4) is 0 Å². The number of carbonyl (C=O) groups is 3. The van der Waals surface area contributed by atoms with Gasteiger partial charge in [0, 0.05) is 19.2 Å². The molecule has 1 saturated heterocycles. The number of nitrogens with zero attached hydrogens (tertiary/aromatic N) is 3. The lowest BCUT2D eigenvalue weighted by Gasteiger charge is -2.39. The average Bonchev–Trinajstić information content (AvgIpc) is 2.95. The third kappa shape index (κ3) is 6.48. The molecule has 3 aromatic rings. The summed E-state index contributed by atoms with van der Waals surface area (Å²) in [6, 6.07) is 22.3. The number of piperazine rings is 1. The monoisotopic (exact) mass is 527 g/mol. The predicted octanol–water partition coefficient (Wildman–Crippen LogP) is 3.94. The van der Waals surface area contributed by atoms with E-state index in [9.17, 15) is 24.5 Å². The van der Waals surface area contributed by atoms with Crippen molar-refractivity contribution >= 4 is 30.2 Å². The third-order valence-electron chi connectivity index (χ3n) is 6.40. The van der Waals surface area contributed by atoms with Gasteiger partial charge in [0.1, 0.15) is 12.8 Å². The van der Waals surface area contributed by atoms with E-state index in [4.69, 9.17) is 4.74 Å². The molecule has 1 atom stereocenters. The number of rotatable bonds is 8. The van der Waals surface area contributed by atoms with Gasteiger partial charge in [-0.15, -0.1) is 0 Å². The number of hydrogen-bond acceptors (Lipinski definition) is 6. The van der Waals surface area contributed by atoms with Gasteiger partial charge in [-0.3, -0.25) is 24.6 Å². The molecule has 1 fully saturated rings. The second kappa shape index (κ2) is 12.5. The predicted molar refractivity (Wildman–Crippen MR) is 144 cm³/mol. The summed E-state index contributed by atoms with van der Waals surface area (Å²) < 4.78 is 5.40. The highest BCUT2D eigenvalue weighted by Gasteiger charge is 2.32. The van der Waals surface area contributed by atoms with Crippen molar-refractivity contribution < 1.29 is 24.0 Å². The maximum absolute atomic E-state index is 13.1. The largest absolute Gasteiger partial charge is 0.444 e. The first-order chi connectivity index (χ1) is 18.9. The van der Waals surface area contributed by atoms with Gasteiger partial charge >= 0.3 is 6.09 Å². The highest BCUT2D eigenvalue weighted by atomic mass is 16.6. The highest BCUT2D eigenvalue weighted by Crippen LogP contribution is 2.35. The first-order valence-electron chi connectivity index (χ1n) is 12.3. The van der Waals surface area contributed by atoms with Crippen LogP contribution in [-0.2, 0) is 20.9 Å². The van der Waals surface area contributed by atoms with Crippen LogP contribution < -0.4 is 5.32 Å². The Morgan fingerprint density at radius 3 is 2.59 bits per heavy atom. The third-order valence-corrected chi connectivity index (χ3v) is 6.40. The van der Waals surface area contributed by atoms with E-state index >= 15 is 0 Å². The molecule has 1 aliphatic rings. The summed E-state index contributed by atoms with van der Waals surface area (Å²) >= 11 is 0. The summed E-state index contributed by atoms with van der Waals surface area (Å²) in [5, 5.41) is 14.3. The van der Waals surface area contributed by atoms with Gasteiger partial charge in [-0.2, -0.15) is 0 Å². The van der Waals surface area contributed by atoms with Gasteiger partial charge < -0.3 is 15.0 Å². The van der Waals surface area contributed by atoms with Gasteiger partial charge in [0.25, 0.3) is 5.69 Å². The van der Waals surface area contributed by atoms with E-state index in [1.165, 1.54) is 28.0 Å². The quantitative estimate of drug-likeness (QED) is 0.205. The van der Waals surface area contributed by atoms with Gasteiger partial charge in [0.15, 0.2) is 0 Å². The zero-order chi connectivity index (χ0) is 27.8. The average molecular weight is 528 g/mol. The molecule has 10 nitrogen and oxygen atoms in total. The van der Waals surface area contributed by atoms with Crippen LogP contribution in [0.25, 0.3) is 17.2 Å². The molecule has 199 valence electrons. The molecule has 0 saturated carbocycles. The van der Waals surface area contributed by atoms with Crippen LogP contribution in [0.2, 0.25) is 0 Å². The lowest BCUT2D eigenvalue weighted by molar-refractivity contribution is -0.384. The van der Waals surface area contributed by atoms with E-state index in [2.05, 4.69) is 11.4 Å². The van der Waals surface area contributed by atoms with Crippen LogP contribution in [0.1, 0.15) is 16.7 Å². The summed E-state index contributed by atoms with van der Waals surface area (Å²) in [6.45, 7) is 2.36. The van der Waals surface area contributed by atoms with Crippen LogP contribution in [-0.4, -0.2) is 58.9 Å². The van der Waals surface area contributed by atoms with Gasteiger partial charge in [0.2, 0.25) is 12.3 Å². The minimum atomic E-state index is -0.771. The van der Waals surface area contributed by atoms with Crippen molar-refractivity contribution in [2.45, 2.75) is 19.7 Å². The Kier molecular flexibility index (Phi) is 8.67. The van der Waals surface area contributed by atoms with Crippen molar-refractivity contribution in [3.8, 4) is 11.1 Å². The van der Waals surface area contributed by atoms with Gasteiger partial charge in [-0.25, -0.2) is 4.79 Å². The lowest BCUT2D eigenvalue weighted by atomic mass is 9.94. The van der Waals surface area contributed by atoms with Crippen LogP contribution in [0.15, 0.2) is 72.8 Å². The fraction of sp³-hybridized carbons (Fsp3) is 0.207. The molecule has 3 aromatic carbocycles. The van der Waals surface area contributed by atoms with Gasteiger partial charge in [-0.1, -0.05) is 60.7 Å². The molecule has 0 spiro atoms. The Morgan fingerprint density at radius 2 is 1.87 bits per heavy atom. The van der Waals surface area contributed by atoms with Crippen LogP contribution in [0.5, 0.6) is 0 Å². The number of benzene rings is 3. The summed E-state index contributed by atoms with van der Waals surface area (Å²) in [5.41, 5.74) is 3.03. The molecule has 3 amide bonds. The highest BCUT2D eigenvalue weighted by molar-refractivity contribution is 5.94. The van der Waals surface area contributed by atoms with E-state index in [0.29, 0.717) is 23.1 Å². The summed E-state index contributed by atoms with van der Waals surface area (Å²) in [7, 11) is 0. The van der Waals surface area contributed by atoms with Crippen molar-refractivity contribution in [1.29, 1.82) is 0 Å². The molecule has 0 bridgehead atoms. The minimum absolute atomic E-state index is 0.0513. The molecule has 4 rings (SSSR count). The first-order valence-corrected chi connectivity index (χ1v) is 12.3. The first kappa shape index (κ1) is 27.1. The molecule has 10 heteroatoms. The molecule has 39 heavy (non-hydrogen) atoms. The number of carbonyl (C=O) groups excluding carboxylic acids is 3. The van der Waals surface area contributed by atoms with E-state index < -0.39 is 17.2 Å².